The van der Waals surface area contributed by atoms with Gasteiger partial charge < -0.3 is 9.84 Å². The quantitative estimate of drug-likeness (QED) is 0.768. The van der Waals surface area contributed by atoms with Crippen molar-refractivity contribution in [3.8, 4) is 0 Å². The van der Waals surface area contributed by atoms with Gasteiger partial charge in [0, 0.05) is 6.61 Å². The van der Waals surface area contributed by atoms with Crippen molar-refractivity contribution in [2.75, 3.05) is 13.7 Å². The molecule has 3 nitrogen and oxygen atoms in total. The molecular weight excluding hydrogens is 192 g/mol. The third-order valence-corrected chi connectivity index (χ3v) is 2.47. The molecule has 0 spiro atoms. The van der Waals surface area contributed by atoms with Crippen LogP contribution in [0.5, 0.6) is 0 Å². The van der Waals surface area contributed by atoms with E-state index in [-0.39, 0.29) is 12.6 Å². The Hall–Kier alpha value is -1.35. The third kappa shape index (κ3) is 2.57. The number of aliphatic hydroxyl groups excluding tert-OH is 1. The minimum atomic E-state index is -0.327. The normalized spacial score (nSPS) is 10.1. The average molecular weight is 208 g/mol. The van der Waals surface area contributed by atoms with Crippen molar-refractivity contribution in [3.05, 3.63) is 34.4 Å². The smallest absolute Gasteiger partial charge is 0.338 e. The minimum Gasteiger partial charge on any atom is -0.465 e. The molecule has 0 radical (unpaired) electrons. The highest BCUT2D eigenvalue weighted by Crippen LogP contribution is 2.17. The first-order chi connectivity index (χ1) is 7.10. The monoisotopic (exact) mass is 208 g/mol. The second-order valence-electron chi connectivity index (χ2n) is 3.56. The van der Waals surface area contributed by atoms with Crippen LogP contribution in [-0.4, -0.2) is 24.8 Å². The summed E-state index contributed by atoms with van der Waals surface area (Å²) in [4.78, 5) is 11.4. The molecule has 1 N–H and O–H groups in total. The fourth-order valence-electron chi connectivity index (χ4n) is 1.62. The molecule has 0 atom stereocenters. The van der Waals surface area contributed by atoms with Gasteiger partial charge in [0.05, 0.1) is 12.7 Å². The standard InChI is InChI=1S/C12H16O3/c1-8-6-9(2)11(12(14)15-3)7-10(8)4-5-13/h6-7,13H,4-5H2,1-3H3. The number of benzene rings is 1. The van der Waals surface area contributed by atoms with Gasteiger partial charge in [0.25, 0.3) is 0 Å². The van der Waals surface area contributed by atoms with E-state index >= 15 is 0 Å². The lowest BCUT2D eigenvalue weighted by Gasteiger charge is -2.09. The second kappa shape index (κ2) is 4.94. The Bertz CT molecular complexity index is 369. The van der Waals surface area contributed by atoms with E-state index in [1.54, 1.807) is 6.07 Å². The summed E-state index contributed by atoms with van der Waals surface area (Å²) in [7, 11) is 1.37. The van der Waals surface area contributed by atoms with E-state index in [1.807, 2.05) is 19.9 Å². The van der Waals surface area contributed by atoms with Crippen molar-refractivity contribution in [3.63, 3.8) is 0 Å². The lowest BCUT2D eigenvalue weighted by atomic mass is 9.98. The van der Waals surface area contributed by atoms with Gasteiger partial charge >= 0.3 is 5.97 Å². The SMILES string of the molecule is COC(=O)c1cc(CCO)c(C)cc1C. The van der Waals surface area contributed by atoms with Gasteiger partial charge in [-0.15, -0.1) is 0 Å². The zero-order valence-electron chi connectivity index (χ0n) is 9.33. The van der Waals surface area contributed by atoms with Crippen LogP contribution in [0.15, 0.2) is 12.1 Å². The summed E-state index contributed by atoms with van der Waals surface area (Å²) in [5.41, 5.74) is 3.56. The van der Waals surface area contributed by atoms with Crippen molar-refractivity contribution in [2.45, 2.75) is 20.3 Å². The number of carbonyl (C=O) groups is 1. The molecule has 0 aliphatic heterocycles. The van der Waals surface area contributed by atoms with Crippen molar-refractivity contribution in [2.24, 2.45) is 0 Å². The second-order valence-corrected chi connectivity index (χ2v) is 3.56. The van der Waals surface area contributed by atoms with Crippen LogP contribution in [0.2, 0.25) is 0 Å². The van der Waals surface area contributed by atoms with Gasteiger partial charge in [-0.25, -0.2) is 4.79 Å². The summed E-state index contributed by atoms with van der Waals surface area (Å²) >= 11 is 0. The van der Waals surface area contributed by atoms with Crippen LogP contribution in [0.4, 0.5) is 0 Å². The maximum Gasteiger partial charge on any atom is 0.338 e. The molecule has 0 amide bonds. The summed E-state index contributed by atoms with van der Waals surface area (Å²) in [6.07, 6.45) is 0.566. The Balaban J connectivity index is 3.17. The largest absolute Gasteiger partial charge is 0.465 e. The number of aliphatic hydroxyl groups is 1. The number of aryl methyl sites for hydroxylation is 2. The molecule has 1 aromatic rings. The molecule has 1 rings (SSSR count). The van der Waals surface area contributed by atoms with E-state index in [0.717, 1.165) is 16.7 Å². The number of carbonyl (C=O) groups excluding carboxylic acids is 1. The summed E-state index contributed by atoms with van der Waals surface area (Å²) in [6.45, 7) is 3.94. The minimum absolute atomic E-state index is 0.0878. The zero-order chi connectivity index (χ0) is 11.4. The molecule has 82 valence electrons. The first kappa shape index (κ1) is 11.7. The van der Waals surface area contributed by atoms with Gasteiger partial charge in [0.1, 0.15) is 0 Å². The molecule has 0 saturated carbocycles. The van der Waals surface area contributed by atoms with Gasteiger partial charge in [-0.3, -0.25) is 0 Å². The van der Waals surface area contributed by atoms with Crippen LogP contribution in [0, 0.1) is 13.8 Å². The molecular formula is C12H16O3. The molecule has 0 bridgehead atoms. The van der Waals surface area contributed by atoms with E-state index in [9.17, 15) is 4.79 Å². The van der Waals surface area contributed by atoms with Gasteiger partial charge in [-0.1, -0.05) is 6.07 Å². The zero-order valence-corrected chi connectivity index (χ0v) is 9.33. The van der Waals surface area contributed by atoms with Crippen molar-refractivity contribution in [1.29, 1.82) is 0 Å². The maximum atomic E-state index is 11.4. The fourth-order valence-corrected chi connectivity index (χ4v) is 1.62. The first-order valence-corrected chi connectivity index (χ1v) is 4.89. The highest BCUT2D eigenvalue weighted by atomic mass is 16.5. The van der Waals surface area contributed by atoms with E-state index in [2.05, 4.69) is 4.74 Å². The molecule has 0 unspecified atom stereocenters. The van der Waals surface area contributed by atoms with Gasteiger partial charge in [-0.05, 0) is 43.0 Å². The van der Waals surface area contributed by atoms with Gasteiger partial charge in [0.2, 0.25) is 0 Å². The van der Waals surface area contributed by atoms with Crippen LogP contribution in [0.1, 0.15) is 27.0 Å². The Morgan fingerprint density at radius 1 is 1.33 bits per heavy atom. The summed E-state index contributed by atoms with van der Waals surface area (Å²) in [5.74, 6) is -0.327. The molecule has 0 fully saturated rings. The van der Waals surface area contributed by atoms with E-state index in [0.29, 0.717) is 12.0 Å². The Kier molecular flexibility index (Phi) is 3.86. The number of rotatable bonds is 3. The van der Waals surface area contributed by atoms with Crippen LogP contribution >= 0.6 is 0 Å². The summed E-state index contributed by atoms with van der Waals surface area (Å²) in [6, 6.07) is 3.74. The molecule has 0 aliphatic carbocycles. The molecule has 0 aliphatic rings. The van der Waals surface area contributed by atoms with Crippen molar-refractivity contribution >= 4 is 5.97 Å². The summed E-state index contributed by atoms with van der Waals surface area (Å²) in [5, 5.41) is 8.88. The Morgan fingerprint density at radius 2 is 2.00 bits per heavy atom. The van der Waals surface area contributed by atoms with Gasteiger partial charge in [0.15, 0.2) is 0 Å². The molecule has 15 heavy (non-hydrogen) atoms. The van der Waals surface area contributed by atoms with Crippen LogP contribution in [0.3, 0.4) is 0 Å². The van der Waals surface area contributed by atoms with E-state index < -0.39 is 0 Å². The summed E-state index contributed by atoms with van der Waals surface area (Å²) < 4.78 is 4.69. The molecule has 1 aromatic carbocycles. The lowest BCUT2D eigenvalue weighted by Crippen LogP contribution is -2.06. The molecule has 0 saturated heterocycles. The number of hydrogen-bond donors (Lipinski definition) is 1. The van der Waals surface area contributed by atoms with Crippen LogP contribution in [0.25, 0.3) is 0 Å². The van der Waals surface area contributed by atoms with Crippen molar-refractivity contribution < 1.29 is 14.6 Å². The fraction of sp³-hybridized carbons (Fsp3) is 0.417. The van der Waals surface area contributed by atoms with Crippen LogP contribution < -0.4 is 0 Å². The number of ether oxygens (including phenoxy) is 1. The number of hydrogen-bond acceptors (Lipinski definition) is 3. The van der Waals surface area contributed by atoms with E-state index in [1.165, 1.54) is 7.11 Å². The Morgan fingerprint density at radius 3 is 2.53 bits per heavy atom. The molecule has 3 heteroatoms. The topological polar surface area (TPSA) is 46.5 Å². The average Bonchev–Trinajstić information content (AvgIpc) is 2.21. The molecule has 0 aromatic heterocycles. The Labute approximate surface area is 89.7 Å². The van der Waals surface area contributed by atoms with Crippen LogP contribution in [-0.2, 0) is 11.2 Å². The van der Waals surface area contributed by atoms with Crippen molar-refractivity contribution in [1.82, 2.24) is 0 Å². The first-order valence-electron chi connectivity index (χ1n) is 4.89. The maximum absolute atomic E-state index is 11.4. The van der Waals surface area contributed by atoms with E-state index in [4.69, 9.17) is 5.11 Å². The highest BCUT2D eigenvalue weighted by Gasteiger charge is 2.11. The number of methoxy groups -OCH3 is 1. The molecule has 0 heterocycles. The van der Waals surface area contributed by atoms with Gasteiger partial charge in [-0.2, -0.15) is 0 Å². The predicted molar refractivity (Wildman–Crippen MR) is 58.0 cm³/mol. The number of esters is 1. The third-order valence-electron chi connectivity index (χ3n) is 2.47. The predicted octanol–water partition coefficient (Wildman–Crippen LogP) is 1.62. The lowest BCUT2D eigenvalue weighted by molar-refractivity contribution is 0.0599. The highest BCUT2D eigenvalue weighted by molar-refractivity contribution is 5.91.